The lowest BCUT2D eigenvalue weighted by atomic mass is 10.0. The summed E-state index contributed by atoms with van der Waals surface area (Å²) in [5, 5.41) is 0. The number of morpholine rings is 1. The van der Waals surface area contributed by atoms with Crippen LogP contribution in [0.3, 0.4) is 0 Å². The standard InChI is InChI=1S/C17H20N2O/c18-17-11-14(13-19-6-8-20-9-7-19)10-16(12-17)15-4-2-1-3-5-15/h1-5,10-12H,6-9,13,18H2. The van der Waals surface area contributed by atoms with E-state index in [1.807, 2.05) is 12.1 Å². The molecule has 3 heteroatoms. The third-order valence-corrected chi connectivity index (χ3v) is 3.63. The van der Waals surface area contributed by atoms with Crippen LogP contribution in [0.4, 0.5) is 5.69 Å². The zero-order valence-electron chi connectivity index (χ0n) is 11.6. The van der Waals surface area contributed by atoms with E-state index in [9.17, 15) is 0 Å². The first-order chi connectivity index (χ1) is 9.81. The van der Waals surface area contributed by atoms with Gasteiger partial charge in [-0.3, -0.25) is 4.90 Å². The Hall–Kier alpha value is -1.84. The second-order valence-electron chi connectivity index (χ2n) is 5.22. The third-order valence-electron chi connectivity index (χ3n) is 3.63. The predicted molar refractivity (Wildman–Crippen MR) is 82.4 cm³/mol. The van der Waals surface area contributed by atoms with E-state index < -0.39 is 0 Å². The molecule has 0 aliphatic carbocycles. The van der Waals surface area contributed by atoms with Crippen molar-refractivity contribution in [2.75, 3.05) is 32.0 Å². The van der Waals surface area contributed by atoms with Gasteiger partial charge >= 0.3 is 0 Å². The normalized spacial score (nSPS) is 16.2. The van der Waals surface area contributed by atoms with Crippen molar-refractivity contribution in [1.82, 2.24) is 4.90 Å². The van der Waals surface area contributed by atoms with Crippen LogP contribution in [-0.2, 0) is 11.3 Å². The van der Waals surface area contributed by atoms with Gasteiger partial charge in [-0.05, 0) is 34.9 Å². The number of ether oxygens (including phenoxy) is 1. The quantitative estimate of drug-likeness (QED) is 0.870. The van der Waals surface area contributed by atoms with Gasteiger partial charge in [-0.1, -0.05) is 30.3 Å². The molecule has 3 nitrogen and oxygen atoms in total. The summed E-state index contributed by atoms with van der Waals surface area (Å²) < 4.78 is 5.39. The monoisotopic (exact) mass is 268 g/mol. The van der Waals surface area contributed by atoms with E-state index in [2.05, 4.69) is 41.3 Å². The first kappa shape index (κ1) is 13.2. The Balaban J connectivity index is 1.83. The van der Waals surface area contributed by atoms with E-state index >= 15 is 0 Å². The Kier molecular flexibility index (Phi) is 4.00. The van der Waals surface area contributed by atoms with Gasteiger partial charge < -0.3 is 10.5 Å². The number of hydrogen-bond acceptors (Lipinski definition) is 3. The summed E-state index contributed by atoms with van der Waals surface area (Å²) in [6.45, 7) is 4.58. The molecule has 1 aliphatic heterocycles. The summed E-state index contributed by atoms with van der Waals surface area (Å²) >= 11 is 0. The number of nitrogen functional groups attached to an aromatic ring is 1. The molecule has 0 atom stereocenters. The first-order valence-electron chi connectivity index (χ1n) is 7.06. The van der Waals surface area contributed by atoms with E-state index in [-0.39, 0.29) is 0 Å². The van der Waals surface area contributed by atoms with Crippen LogP contribution < -0.4 is 5.73 Å². The van der Waals surface area contributed by atoms with Crippen molar-refractivity contribution < 1.29 is 4.74 Å². The molecule has 1 fully saturated rings. The second kappa shape index (κ2) is 6.07. The summed E-state index contributed by atoms with van der Waals surface area (Å²) in [7, 11) is 0. The Labute approximate surface area is 120 Å². The number of hydrogen-bond donors (Lipinski definition) is 1. The zero-order chi connectivity index (χ0) is 13.8. The van der Waals surface area contributed by atoms with Crippen LogP contribution in [0.5, 0.6) is 0 Å². The Morgan fingerprint density at radius 2 is 1.70 bits per heavy atom. The van der Waals surface area contributed by atoms with Crippen molar-refractivity contribution in [1.29, 1.82) is 0 Å². The fourth-order valence-corrected chi connectivity index (χ4v) is 2.62. The van der Waals surface area contributed by atoms with Crippen molar-refractivity contribution in [3.8, 4) is 11.1 Å². The summed E-state index contributed by atoms with van der Waals surface area (Å²) in [5.74, 6) is 0. The highest BCUT2D eigenvalue weighted by Crippen LogP contribution is 2.24. The van der Waals surface area contributed by atoms with Gasteiger partial charge in [0.1, 0.15) is 0 Å². The number of rotatable bonds is 3. The molecule has 20 heavy (non-hydrogen) atoms. The molecule has 0 spiro atoms. The fourth-order valence-electron chi connectivity index (χ4n) is 2.62. The predicted octanol–water partition coefficient (Wildman–Crippen LogP) is 2.77. The average Bonchev–Trinajstić information content (AvgIpc) is 2.49. The number of anilines is 1. The Morgan fingerprint density at radius 3 is 2.45 bits per heavy atom. The molecule has 2 N–H and O–H groups in total. The maximum absolute atomic E-state index is 6.06. The van der Waals surface area contributed by atoms with Crippen LogP contribution in [0.25, 0.3) is 11.1 Å². The molecule has 0 aromatic heterocycles. The molecular weight excluding hydrogens is 248 g/mol. The van der Waals surface area contributed by atoms with E-state index in [1.54, 1.807) is 0 Å². The second-order valence-corrected chi connectivity index (χ2v) is 5.22. The molecule has 1 aliphatic rings. The average molecular weight is 268 g/mol. The Morgan fingerprint density at radius 1 is 0.950 bits per heavy atom. The zero-order valence-corrected chi connectivity index (χ0v) is 11.6. The molecule has 0 saturated carbocycles. The van der Waals surface area contributed by atoms with Crippen LogP contribution in [0.1, 0.15) is 5.56 Å². The van der Waals surface area contributed by atoms with E-state index in [4.69, 9.17) is 10.5 Å². The van der Waals surface area contributed by atoms with Crippen LogP contribution in [0.15, 0.2) is 48.5 Å². The van der Waals surface area contributed by atoms with Crippen molar-refractivity contribution in [2.45, 2.75) is 6.54 Å². The summed E-state index contributed by atoms with van der Waals surface area (Å²) in [5.41, 5.74) is 10.6. The molecule has 0 bridgehead atoms. The molecule has 2 aromatic carbocycles. The van der Waals surface area contributed by atoms with Crippen molar-refractivity contribution >= 4 is 5.69 Å². The first-order valence-corrected chi connectivity index (χ1v) is 7.06. The van der Waals surface area contributed by atoms with Gasteiger partial charge in [-0.25, -0.2) is 0 Å². The largest absolute Gasteiger partial charge is 0.399 e. The minimum atomic E-state index is 0.827. The molecule has 1 heterocycles. The number of nitrogens with zero attached hydrogens (tertiary/aromatic N) is 1. The van der Waals surface area contributed by atoms with Crippen molar-refractivity contribution in [3.63, 3.8) is 0 Å². The SMILES string of the molecule is Nc1cc(CN2CCOCC2)cc(-c2ccccc2)c1. The van der Waals surface area contributed by atoms with Gasteiger partial charge in [0.25, 0.3) is 0 Å². The molecular formula is C17H20N2O. The third kappa shape index (κ3) is 3.18. The van der Waals surface area contributed by atoms with Crippen molar-refractivity contribution in [3.05, 3.63) is 54.1 Å². The highest BCUT2D eigenvalue weighted by Gasteiger charge is 2.11. The van der Waals surface area contributed by atoms with Gasteiger partial charge in [0.2, 0.25) is 0 Å². The Bertz CT molecular complexity index is 562. The van der Waals surface area contributed by atoms with Crippen LogP contribution in [0.2, 0.25) is 0 Å². The van der Waals surface area contributed by atoms with Crippen LogP contribution in [0, 0.1) is 0 Å². The molecule has 0 unspecified atom stereocenters. The molecule has 0 amide bonds. The lowest BCUT2D eigenvalue weighted by Gasteiger charge is -2.26. The fraction of sp³-hybridized carbons (Fsp3) is 0.294. The molecule has 1 saturated heterocycles. The highest BCUT2D eigenvalue weighted by atomic mass is 16.5. The number of benzene rings is 2. The molecule has 3 rings (SSSR count). The van der Waals surface area contributed by atoms with Gasteiger partial charge in [0.05, 0.1) is 13.2 Å². The lowest BCUT2D eigenvalue weighted by molar-refractivity contribution is 0.0342. The minimum Gasteiger partial charge on any atom is -0.399 e. The molecule has 2 aromatic rings. The van der Waals surface area contributed by atoms with Crippen molar-refractivity contribution in [2.24, 2.45) is 0 Å². The van der Waals surface area contributed by atoms with Crippen LogP contribution in [-0.4, -0.2) is 31.2 Å². The van der Waals surface area contributed by atoms with E-state index in [0.29, 0.717) is 0 Å². The highest BCUT2D eigenvalue weighted by molar-refractivity contribution is 5.68. The van der Waals surface area contributed by atoms with Crippen LogP contribution >= 0.6 is 0 Å². The maximum Gasteiger partial charge on any atom is 0.0594 e. The number of nitrogens with two attached hydrogens (primary N) is 1. The molecule has 0 radical (unpaired) electrons. The maximum atomic E-state index is 6.06. The summed E-state index contributed by atoms with van der Waals surface area (Å²) in [6.07, 6.45) is 0. The van der Waals surface area contributed by atoms with E-state index in [1.165, 1.54) is 16.7 Å². The van der Waals surface area contributed by atoms with Gasteiger partial charge in [-0.15, -0.1) is 0 Å². The van der Waals surface area contributed by atoms with E-state index in [0.717, 1.165) is 38.5 Å². The van der Waals surface area contributed by atoms with Gasteiger partial charge in [0.15, 0.2) is 0 Å². The summed E-state index contributed by atoms with van der Waals surface area (Å²) in [6, 6.07) is 16.7. The smallest absolute Gasteiger partial charge is 0.0594 e. The summed E-state index contributed by atoms with van der Waals surface area (Å²) in [4.78, 5) is 2.41. The molecule has 104 valence electrons. The topological polar surface area (TPSA) is 38.5 Å². The lowest BCUT2D eigenvalue weighted by Crippen LogP contribution is -2.35. The van der Waals surface area contributed by atoms with Gasteiger partial charge in [0, 0.05) is 25.3 Å². The van der Waals surface area contributed by atoms with Gasteiger partial charge in [-0.2, -0.15) is 0 Å². The minimum absolute atomic E-state index is 0.827.